The number of anilines is 2. The number of nitrogens with two attached hydrogens (primary N) is 1. The largest absolute Gasteiger partial charge is 0.399 e. The van der Waals surface area contributed by atoms with E-state index in [-0.39, 0.29) is 0 Å². The Balaban J connectivity index is 2.28. The second-order valence-electron chi connectivity index (χ2n) is 2.87. The van der Waals surface area contributed by atoms with Crippen molar-refractivity contribution in [3.05, 3.63) is 17.3 Å². The van der Waals surface area contributed by atoms with Gasteiger partial charge in [-0.05, 0) is 12.5 Å². The zero-order valence-corrected chi connectivity index (χ0v) is 7.79. The molecular weight excluding hydrogens is 190 g/mol. The van der Waals surface area contributed by atoms with Gasteiger partial charge in [-0.25, -0.2) is 10.0 Å². The third kappa shape index (κ3) is 1.84. The molecule has 0 aliphatic carbocycles. The first-order valence-corrected chi connectivity index (χ1v) is 4.47. The van der Waals surface area contributed by atoms with Crippen molar-refractivity contribution in [3.63, 3.8) is 0 Å². The third-order valence-electron chi connectivity index (χ3n) is 1.81. The summed E-state index contributed by atoms with van der Waals surface area (Å²) in [5.41, 5.74) is 6.22. The van der Waals surface area contributed by atoms with Crippen molar-refractivity contribution in [2.24, 2.45) is 0 Å². The fraction of sp³-hybridized carbons (Fsp3) is 0.375. The lowest BCUT2D eigenvalue weighted by molar-refractivity contribution is 0.166. The van der Waals surface area contributed by atoms with Crippen LogP contribution in [0, 0.1) is 0 Å². The fourth-order valence-corrected chi connectivity index (χ4v) is 1.47. The molecule has 2 N–H and O–H groups in total. The van der Waals surface area contributed by atoms with Gasteiger partial charge in [-0.15, -0.1) is 0 Å². The highest BCUT2D eigenvalue weighted by Gasteiger charge is 2.15. The summed E-state index contributed by atoms with van der Waals surface area (Å²) in [4.78, 5) is 9.41. The summed E-state index contributed by atoms with van der Waals surface area (Å²) in [7, 11) is 0. The van der Waals surface area contributed by atoms with E-state index in [4.69, 9.17) is 22.2 Å². The first kappa shape index (κ1) is 8.59. The minimum absolute atomic E-state index is 0.394. The maximum absolute atomic E-state index is 5.76. The molecule has 5 heteroatoms. The molecule has 70 valence electrons. The molecule has 0 aromatic carbocycles. The predicted molar refractivity (Wildman–Crippen MR) is 51.6 cm³/mol. The van der Waals surface area contributed by atoms with E-state index >= 15 is 0 Å². The highest BCUT2D eigenvalue weighted by atomic mass is 35.5. The van der Waals surface area contributed by atoms with Crippen molar-refractivity contribution in [3.8, 4) is 0 Å². The van der Waals surface area contributed by atoms with Gasteiger partial charge in [-0.3, -0.25) is 4.84 Å². The number of nitrogens with zero attached hydrogens (tertiary/aromatic N) is 2. The molecule has 0 bridgehead atoms. The minimum atomic E-state index is 0.394. The molecule has 0 atom stereocenters. The predicted octanol–water partition coefficient (Wildman–Crippen LogP) is 1.46. The SMILES string of the molecule is Nc1cc(Cl)nc(N2CCCO2)c1. The second-order valence-corrected chi connectivity index (χ2v) is 3.26. The van der Waals surface area contributed by atoms with Crippen LogP contribution in [-0.4, -0.2) is 18.1 Å². The molecule has 0 radical (unpaired) electrons. The highest BCUT2D eigenvalue weighted by Crippen LogP contribution is 2.21. The van der Waals surface area contributed by atoms with Gasteiger partial charge in [0.05, 0.1) is 6.61 Å². The number of hydrogen-bond donors (Lipinski definition) is 1. The summed E-state index contributed by atoms with van der Waals surface area (Å²) in [6.45, 7) is 1.57. The molecule has 1 saturated heterocycles. The van der Waals surface area contributed by atoms with Crippen molar-refractivity contribution < 1.29 is 4.84 Å². The number of halogens is 1. The monoisotopic (exact) mass is 199 g/mol. The van der Waals surface area contributed by atoms with Crippen molar-refractivity contribution in [1.82, 2.24) is 4.98 Å². The molecule has 2 rings (SSSR count). The molecule has 13 heavy (non-hydrogen) atoms. The van der Waals surface area contributed by atoms with Gasteiger partial charge in [0.25, 0.3) is 0 Å². The van der Waals surface area contributed by atoms with E-state index in [1.54, 1.807) is 17.2 Å². The van der Waals surface area contributed by atoms with Gasteiger partial charge in [-0.2, -0.15) is 0 Å². The average molecular weight is 200 g/mol. The van der Waals surface area contributed by atoms with E-state index in [1.165, 1.54) is 0 Å². The molecule has 0 saturated carbocycles. The summed E-state index contributed by atoms with van der Waals surface area (Å²) in [5.74, 6) is 0.683. The lowest BCUT2D eigenvalue weighted by Crippen LogP contribution is -2.17. The van der Waals surface area contributed by atoms with Crippen molar-refractivity contribution >= 4 is 23.1 Å². The molecule has 4 nitrogen and oxygen atoms in total. The van der Waals surface area contributed by atoms with Gasteiger partial charge in [0, 0.05) is 18.3 Å². The van der Waals surface area contributed by atoms with Gasteiger partial charge >= 0.3 is 0 Å². The van der Waals surface area contributed by atoms with E-state index in [0.29, 0.717) is 16.7 Å². The van der Waals surface area contributed by atoms with E-state index in [9.17, 15) is 0 Å². The first-order chi connectivity index (χ1) is 6.25. The fourth-order valence-electron chi connectivity index (χ4n) is 1.26. The van der Waals surface area contributed by atoms with Gasteiger partial charge in [-0.1, -0.05) is 11.6 Å². The Morgan fingerprint density at radius 1 is 1.54 bits per heavy atom. The summed E-state index contributed by atoms with van der Waals surface area (Å²) < 4.78 is 0. The van der Waals surface area contributed by atoms with Crippen LogP contribution >= 0.6 is 11.6 Å². The molecule has 1 aromatic rings. The Labute approximate surface area is 81.2 Å². The molecule has 1 aliphatic rings. The number of hydroxylamine groups is 1. The quantitative estimate of drug-likeness (QED) is 0.696. The second kappa shape index (κ2) is 3.40. The molecular formula is C8H10ClN3O. The number of rotatable bonds is 1. The normalized spacial score (nSPS) is 16.5. The van der Waals surface area contributed by atoms with Crippen LogP contribution in [0.4, 0.5) is 11.5 Å². The lowest BCUT2D eigenvalue weighted by Gasteiger charge is -2.14. The number of nitrogen functional groups attached to an aromatic ring is 1. The Hall–Kier alpha value is -1.00. The Morgan fingerprint density at radius 3 is 3.00 bits per heavy atom. The summed E-state index contributed by atoms with van der Waals surface area (Å²) in [6, 6.07) is 3.36. The van der Waals surface area contributed by atoms with Crippen LogP contribution in [0.5, 0.6) is 0 Å². The maximum atomic E-state index is 5.76. The zero-order valence-electron chi connectivity index (χ0n) is 7.03. The summed E-state index contributed by atoms with van der Waals surface area (Å²) >= 11 is 5.76. The van der Waals surface area contributed by atoms with Crippen LogP contribution in [0.25, 0.3) is 0 Å². The van der Waals surface area contributed by atoms with Crippen LogP contribution in [0.15, 0.2) is 12.1 Å². The molecule has 1 aromatic heterocycles. The van der Waals surface area contributed by atoms with E-state index in [0.717, 1.165) is 19.6 Å². The van der Waals surface area contributed by atoms with E-state index in [2.05, 4.69) is 4.98 Å². The Morgan fingerprint density at radius 2 is 2.38 bits per heavy atom. The smallest absolute Gasteiger partial charge is 0.156 e. The van der Waals surface area contributed by atoms with Crippen molar-refractivity contribution in [2.45, 2.75) is 6.42 Å². The molecule has 2 heterocycles. The molecule has 1 fully saturated rings. The topological polar surface area (TPSA) is 51.4 Å². The standard InChI is InChI=1S/C8H10ClN3O/c9-7-4-6(10)5-8(11-7)12-2-1-3-13-12/h4-5H,1-3H2,(H2,10,11). The molecule has 0 spiro atoms. The Kier molecular flexibility index (Phi) is 2.24. The third-order valence-corrected chi connectivity index (χ3v) is 2.00. The van der Waals surface area contributed by atoms with E-state index < -0.39 is 0 Å². The van der Waals surface area contributed by atoms with Crippen LogP contribution in [-0.2, 0) is 4.84 Å². The summed E-state index contributed by atoms with van der Waals surface area (Å²) in [5, 5.41) is 2.10. The van der Waals surface area contributed by atoms with Gasteiger partial charge < -0.3 is 5.73 Å². The van der Waals surface area contributed by atoms with Crippen molar-refractivity contribution in [2.75, 3.05) is 23.9 Å². The lowest BCUT2D eigenvalue weighted by atomic mass is 10.4. The highest BCUT2D eigenvalue weighted by molar-refractivity contribution is 6.29. The van der Waals surface area contributed by atoms with Gasteiger partial charge in [0.1, 0.15) is 5.15 Å². The van der Waals surface area contributed by atoms with Crippen LogP contribution in [0.2, 0.25) is 5.15 Å². The minimum Gasteiger partial charge on any atom is -0.399 e. The van der Waals surface area contributed by atoms with Gasteiger partial charge in [0.2, 0.25) is 0 Å². The number of pyridine rings is 1. The van der Waals surface area contributed by atoms with Crippen LogP contribution in [0.3, 0.4) is 0 Å². The molecule has 1 aliphatic heterocycles. The number of aromatic nitrogens is 1. The van der Waals surface area contributed by atoms with Crippen LogP contribution < -0.4 is 10.8 Å². The van der Waals surface area contributed by atoms with Crippen molar-refractivity contribution in [1.29, 1.82) is 0 Å². The van der Waals surface area contributed by atoms with E-state index in [1.807, 2.05) is 0 Å². The zero-order chi connectivity index (χ0) is 9.26. The van der Waals surface area contributed by atoms with Crippen LogP contribution in [0.1, 0.15) is 6.42 Å². The number of hydrogen-bond acceptors (Lipinski definition) is 4. The molecule has 0 amide bonds. The van der Waals surface area contributed by atoms with Gasteiger partial charge in [0.15, 0.2) is 5.82 Å². The summed E-state index contributed by atoms with van der Waals surface area (Å²) in [6.07, 6.45) is 1.01. The molecule has 0 unspecified atom stereocenters. The Bertz CT molecular complexity index is 292. The average Bonchev–Trinajstić information content (AvgIpc) is 2.53. The first-order valence-electron chi connectivity index (χ1n) is 4.09. The maximum Gasteiger partial charge on any atom is 0.156 e.